The van der Waals surface area contributed by atoms with Gasteiger partial charge in [-0.2, -0.15) is 0 Å². The Hall–Kier alpha value is -3.22. The number of halogens is 1. The van der Waals surface area contributed by atoms with Crippen LogP contribution >= 0.6 is 0 Å². The number of carbonyl (C=O) groups excluding carboxylic acids is 1. The summed E-state index contributed by atoms with van der Waals surface area (Å²) in [6, 6.07) is 8.17. The molecule has 0 unspecified atom stereocenters. The van der Waals surface area contributed by atoms with Crippen LogP contribution in [0.2, 0.25) is 0 Å². The Labute approximate surface area is 168 Å². The van der Waals surface area contributed by atoms with Crippen LogP contribution in [0.1, 0.15) is 35.3 Å². The first-order valence-electron chi connectivity index (χ1n) is 8.95. The van der Waals surface area contributed by atoms with Crippen LogP contribution in [0.3, 0.4) is 0 Å². The van der Waals surface area contributed by atoms with Crippen LogP contribution in [0.15, 0.2) is 36.2 Å². The average molecular weight is 401 g/mol. The molecule has 0 amide bonds. The first-order chi connectivity index (χ1) is 13.8. The highest BCUT2D eigenvalue weighted by Gasteiger charge is 2.31. The molecule has 0 N–H and O–H groups in total. The van der Waals surface area contributed by atoms with Gasteiger partial charge in [0.1, 0.15) is 18.2 Å². The molecule has 0 saturated heterocycles. The zero-order valence-electron chi connectivity index (χ0n) is 17.0. The highest BCUT2D eigenvalue weighted by molar-refractivity contribution is 5.90. The van der Waals surface area contributed by atoms with E-state index in [4.69, 9.17) is 23.7 Å². The quantitative estimate of drug-likeness (QED) is 0.662. The van der Waals surface area contributed by atoms with Gasteiger partial charge in [-0.05, 0) is 55.8 Å². The van der Waals surface area contributed by atoms with Gasteiger partial charge >= 0.3 is 5.97 Å². The van der Waals surface area contributed by atoms with Gasteiger partial charge in [-0.1, -0.05) is 0 Å². The molecule has 0 bridgehead atoms. The molecular formula is C22H23FO6. The standard InChI is InChI=1S/C22H23FO6/c1-22(2)19(23)11-15-10-14(6-7-16(15)29-22)21(24)28-12-13-8-17(25-3)20(27-5)18(9-13)26-4/h6-11H,12H2,1-5H3/i23-1. The van der Waals surface area contributed by atoms with Crippen molar-refractivity contribution < 1.29 is 32.9 Å². The van der Waals surface area contributed by atoms with Crippen LogP contribution in [-0.4, -0.2) is 32.9 Å². The van der Waals surface area contributed by atoms with Gasteiger partial charge in [0.15, 0.2) is 17.1 Å². The fraction of sp³-hybridized carbons (Fsp3) is 0.318. The SMILES string of the molecule is COc1cc(COC(=O)c2ccc3c(c2)C=C([18F])C(C)(C)O3)cc(OC)c1OC. The third-order valence-corrected chi connectivity index (χ3v) is 4.56. The number of carbonyl (C=O) groups is 1. The van der Waals surface area contributed by atoms with Crippen molar-refractivity contribution in [2.24, 2.45) is 0 Å². The number of rotatable bonds is 6. The van der Waals surface area contributed by atoms with Gasteiger partial charge in [0.25, 0.3) is 0 Å². The minimum Gasteiger partial charge on any atom is -0.493 e. The smallest absolute Gasteiger partial charge is 0.338 e. The lowest BCUT2D eigenvalue weighted by Crippen LogP contribution is -2.31. The number of benzene rings is 2. The molecule has 6 nitrogen and oxygen atoms in total. The molecule has 154 valence electrons. The second kappa shape index (κ2) is 8.03. The van der Waals surface area contributed by atoms with E-state index in [0.717, 1.165) is 0 Å². The van der Waals surface area contributed by atoms with E-state index in [1.165, 1.54) is 27.4 Å². The van der Waals surface area contributed by atoms with Crippen LogP contribution in [0.4, 0.5) is 4.39 Å². The predicted molar refractivity (Wildman–Crippen MR) is 105 cm³/mol. The first kappa shape index (κ1) is 20.5. The van der Waals surface area contributed by atoms with Crippen LogP contribution in [0, 0.1) is 0 Å². The number of hydrogen-bond donors (Lipinski definition) is 0. The van der Waals surface area contributed by atoms with E-state index in [1.807, 2.05) is 0 Å². The zero-order chi connectivity index (χ0) is 21.2. The van der Waals surface area contributed by atoms with Gasteiger partial charge in [-0.3, -0.25) is 0 Å². The number of methoxy groups -OCH3 is 3. The number of hydrogen-bond acceptors (Lipinski definition) is 6. The Morgan fingerprint density at radius 1 is 1.03 bits per heavy atom. The van der Waals surface area contributed by atoms with Crippen LogP contribution in [0.25, 0.3) is 6.08 Å². The molecule has 0 spiro atoms. The van der Waals surface area contributed by atoms with E-state index in [9.17, 15) is 9.18 Å². The predicted octanol–water partition coefficient (Wildman–Crippen LogP) is 4.55. The molecule has 2 aromatic rings. The molecule has 0 fully saturated rings. The summed E-state index contributed by atoms with van der Waals surface area (Å²) < 4.78 is 41.0. The molecule has 2 aromatic carbocycles. The molecule has 0 aromatic heterocycles. The summed E-state index contributed by atoms with van der Waals surface area (Å²) in [6.45, 7) is 3.28. The average Bonchev–Trinajstić information content (AvgIpc) is 2.71. The Morgan fingerprint density at radius 3 is 2.28 bits per heavy atom. The highest BCUT2D eigenvalue weighted by atomic mass is 18.2. The molecule has 0 saturated carbocycles. The maximum Gasteiger partial charge on any atom is 0.338 e. The number of fused-ring (bicyclic) bond motifs is 1. The van der Waals surface area contributed by atoms with Crippen molar-refractivity contribution >= 4 is 12.0 Å². The molecule has 0 atom stereocenters. The lowest BCUT2D eigenvalue weighted by Gasteiger charge is -2.29. The van der Waals surface area contributed by atoms with Crippen molar-refractivity contribution in [3.8, 4) is 23.0 Å². The van der Waals surface area contributed by atoms with Crippen molar-refractivity contribution in [1.82, 2.24) is 0 Å². The summed E-state index contributed by atoms with van der Waals surface area (Å²) in [5.74, 6) is 0.946. The van der Waals surface area contributed by atoms with E-state index >= 15 is 0 Å². The highest BCUT2D eigenvalue weighted by Crippen LogP contribution is 2.39. The van der Waals surface area contributed by atoms with Crippen molar-refractivity contribution in [2.75, 3.05) is 21.3 Å². The summed E-state index contributed by atoms with van der Waals surface area (Å²) in [7, 11) is 4.53. The third kappa shape index (κ3) is 4.13. The molecule has 1 heterocycles. The summed E-state index contributed by atoms with van der Waals surface area (Å²) in [6.07, 6.45) is 1.37. The maximum absolute atomic E-state index is 14.1. The Bertz CT molecular complexity index is 939. The number of ether oxygens (including phenoxy) is 5. The Morgan fingerprint density at radius 2 is 1.69 bits per heavy atom. The zero-order valence-corrected chi connectivity index (χ0v) is 17.0. The third-order valence-electron chi connectivity index (χ3n) is 4.56. The number of esters is 1. The molecule has 1 aliphatic heterocycles. The molecule has 7 heteroatoms. The molecule has 29 heavy (non-hydrogen) atoms. The molecule has 0 radical (unpaired) electrons. The van der Waals surface area contributed by atoms with Crippen molar-refractivity contribution in [3.63, 3.8) is 0 Å². The molecular weight excluding hydrogens is 378 g/mol. The lowest BCUT2D eigenvalue weighted by molar-refractivity contribution is 0.0472. The summed E-state index contributed by atoms with van der Waals surface area (Å²) >= 11 is 0. The fourth-order valence-corrected chi connectivity index (χ4v) is 2.97. The van der Waals surface area contributed by atoms with Gasteiger partial charge in [-0.15, -0.1) is 0 Å². The topological polar surface area (TPSA) is 63.2 Å². The van der Waals surface area contributed by atoms with E-state index < -0.39 is 17.4 Å². The molecule has 1 aliphatic rings. The summed E-state index contributed by atoms with van der Waals surface area (Å²) in [4.78, 5) is 12.5. The Kier molecular flexibility index (Phi) is 5.68. The normalized spacial score (nSPS) is 14.2. The fourth-order valence-electron chi connectivity index (χ4n) is 2.97. The van der Waals surface area contributed by atoms with E-state index in [1.54, 1.807) is 44.2 Å². The second-order valence-corrected chi connectivity index (χ2v) is 6.97. The van der Waals surface area contributed by atoms with Crippen LogP contribution in [-0.2, 0) is 11.3 Å². The minimum absolute atomic E-state index is 0.000361. The maximum atomic E-state index is 14.1. The van der Waals surface area contributed by atoms with E-state index in [2.05, 4.69) is 0 Å². The second-order valence-electron chi connectivity index (χ2n) is 6.97. The first-order valence-corrected chi connectivity index (χ1v) is 8.95. The van der Waals surface area contributed by atoms with Crippen molar-refractivity contribution in [3.05, 3.63) is 52.8 Å². The van der Waals surface area contributed by atoms with Gasteiger partial charge in [0.2, 0.25) is 5.75 Å². The molecule has 0 aliphatic carbocycles. The summed E-state index contributed by atoms with van der Waals surface area (Å²) in [5.41, 5.74) is 0.427. The monoisotopic (exact) mass is 401 g/mol. The van der Waals surface area contributed by atoms with Gasteiger partial charge < -0.3 is 23.7 Å². The largest absolute Gasteiger partial charge is 0.493 e. The molecule has 3 rings (SSSR count). The van der Waals surface area contributed by atoms with E-state index in [-0.39, 0.29) is 6.61 Å². The van der Waals surface area contributed by atoms with Crippen LogP contribution < -0.4 is 18.9 Å². The van der Waals surface area contributed by atoms with Crippen molar-refractivity contribution in [2.45, 2.75) is 26.1 Å². The van der Waals surface area contributed by atoms with Crippen LogP contribution in [0.5, 0.6) is 23.0 Å². The summed E-state index contributed by atoms with van der Waals surface area (Å²) in [5, 5.41) is 0. The Balaban J connectivity index is 1.77. The van der Waals surface area contributed by atoms with Gasteiger partial charge in [0.05, 0.1) is 26.9 Å². The lowest BCUT2D eigenvalue weighted by atomic mass is 9.99. The minimum atomic E-state index is -1.03. The van der Waals surface area contributed by atoms with E-state index in [0.29, 0.717) is 39.7 Å². The van der Waals surface area contributed by atoms with Crippen molar-refractivity contribution in [1.29, 1.82) is 0 Å². The van der Waals surface area contributed by atoms with Gasteiger partial charge in [0, 0.05) is 5.56 Å². The van der Waals surface area contributed by atoms with Gasteiger partial charge in [-0.25, -0.2) is 9.18 Å².